The molecule has 0 amide bonds. The Labute approximate surface area is 195 Å². The van der Waals surface area contributed by atoms with Crippen LogP contribution in [0.15, 0.2) is 11.3 Å². The number of piperidine rings is 1. The van der Waals surface area contributed by atoms with Gasteiger partial charge in [0.2, 0.25) is 5.95 Å². The van der Waals surface area contributed by atoms with E-state index in [0.717, 1.165) is 68.3 Å². The lowest BCUT2D eigenvalue weighted by atomic mass is 9.51. The summed E-state index contributed by atoms with van der Waals surface area (Å²) < 4.78 is 7.80. The molecule has 4 aliphatic carbocycles. The number of ether oxygens (including phenoxy) is 1. The number of aromatic nitrogens is 3. The Hall–Kier alpha value is -1.57. The summed E-state index contributed by atoms with van der Waals surface area (Å²) in [5.41, 5.74) is 0. The lowest BCUT2D eigenvalue weighted by Gasteiger charge is -2.59. The zero-order valence-electron chi connectivity index (χ0n) is 19.0. The van der Waals surface area contributed by atoms with Crippen LogP contribution in [0, 0.1) is 29.6 Å². The van der Waals surface area contributed by atoms with Crippen LogP contribution in [0.2, 0.25) is 0 Å². The fourth-order valence-electron chi connectivity index (χ4n) is 7.56. The van der Waals surface area contributed by atoms with E-state index in [1.165, 1.54) is 32.1 Å². The minimum absolute atomic E-state index is 0.00545. The fourth-order valence-corrected chi connectivity index (χ4v) is 8.07. The van der Waals surface area contributed by atoms with E-state index >= 15 is 0 Å². The molecule has 7 rings (SSSR count). The molecule has 5 fully saturated rings. The third-order valence-corrected chi connectivity index (χ3v) is 10.1. The molecular formula is C24H35N5O2S. The number of fused-ring (bicyclic) bond motifs is 1. The van der Waals surface area contributed by atoms with Crippen LogP contribution >= 0.6 is 12.6 Å². The predicted molar refractivity (Wildman–Crippen MR) is 125 cm³/mol. The highest BCUT2D eigenvalue weighted by molar-refractivity contribution is 7.81. The van der Waals surface area contributed by atoms with Crippen LogP contribution in [-0.2, 0) is 9.53 Å². The highest BCUT2D eigenvalue weighted by Gasteiger charge is 2.55. The molecule has 1 aromatic rings. The second-order valence-electron chi connectivity index (χ2n) is 11.1. The molecule has 0 aromatic carbocycles. The van der Waals surface area contributed by atoms with Gasteiger partial charge in [-0.05, 0) is 82.0 Å². The second-order valence-corrected chi connectivity index (χ2v) is 11.9. The van der Waals surface area contributed by atoms with Gasteiger partial charge in [-0.15, -0.1) is 0 Å². The van der Waals surface area contributed by atoms with Gasteiger partial charge < -0.3 is 9.64 Å². The number of hydrogen-bond donors (Lipinski definition) is 1. The smallest absolute Gasteiger partial charge is 0.309 e. The Morgan fingerprint density at radius 2 is 1.84 bits per heavy atom. The van der Waals surface area contributed by atoms with Crippen LogP contribution in [0.25, 0.3) is 0 Å². The van der Waals surface area contributed by atoms with Crippen molar-refractivity contribution in [1.82, 2.24) is 19.7 Å². The largest absolute Gasteiger partial charge is 0.465 e. The number of amidine groups is 1. The minimum atomic E-state index is -0.0101. The summed E-state index contributed by atoms with van der Waals surface area (Å²) in [6.45, 7) is 4.38. The molecule has 0 radical (unpaired) electrons. The molecule has 4 saturated carbocycles. The van der Waals surface area contributed by atoms with Crippen LogP contribution in [0.3, 0.4) is 0 Å². The SMILES string of the molecule is CC1CC(N2CCC(C(=O)OCCC3(S)C4CC5CC(C4)CC3C5)CC2)=Nc2ncnn21. The number of thiol groups is 1. The van der Waals surface area contributed by atoms with E-state index in [9.17, 15) is 4.79 Å². The lowest BCUT2D eigenvalue weighted by Crippen LogP contribution is -2.55. The second kappa shape index (κ2) is 8.03. The summed E-state index contributed by atoms with van der Waals surface area (Å²) in [5.74, 6) is 5.10. The van der Waals surface area contributed by atoms with Crippen LogP contribution in [0.5, 0.6) is 0 Å². The number of carbonyl (C=O) groups excluding carboxylic acids is 1. The Morgan fingerprint density at radius 3 is 2.53 bits per heavy atom. The van der Waals surface area contributed by atoms with Crippen molar-refractivity contribution in [2.24, 2.45) is 34.6 Å². The monoisotopic (exact) mass is 457 g/mol. The molecule has 6 aliphatic rings. The number of hydrogen-bond acceptors (Lipinski definition) is 7. The molecule has 1 atom stereocenters. The molecule has 174 valence electrons. The van der Waals surface area contributed by atoms with Crippen molar-refractivity contribution in [3.05, 3.63) is 6.33 Å². The molecule has 0 N–H and O–H groups in total. The summed E-state index contributed by atoms with van der Waals surface area (Å²) in [6.07, 6.45) is 11.9. The molecule has 3 heterocycles. The van der Waals surface area contributed by atoms with E-state index in [0.29, 0.717) is 12.6 Å². The maximum absolute atomic E-state index is 12.8. The zero-order valence-corrected chi connectivity index (χ0v) is 19.9. The van der Waals surface area contributed by atoms with Crippen LogP contribution in [0.4, 0.5) is 5.95 Å². The standard InChI is InChI=1S/C24H35N5O2S/c1-15-8-21(27-23-25-14-26-29(15)23)28-5-2-18(3-6-28)22(30)31-7-4-24(32)19-10-16-9-17(12-19)13-20(24)11-16/h14-20,32H,2-13H2,1H3. The number of rotatable bonds is 4. The van der Waals surface area contributed by atoms with Gasteiger partial charge in [-0.3, -0.25) is 4.79 Å². The molecule has 7 nitrogen and oxygen atoms in total. The first kappa shape index (κ1) is 21.0. The third kappa shape index (κ3) is 3.57. The molecule has 32 heavy (non-hydrogen) atoms. The summed E-state index contributed by atoms with van der Waals surface area (Å²) >= 11 is 5.23. The van der Waals surface area contributed by atoms with Crippen molar-refractivity contribution < 1.29 is 9.53 Å². The zero-order chi connectivity index (χ0) is 21.9. The summed E-state index contributed by atoms with van der Waals surface area (Å²) in [6, 6.07) is 0.265. The summed E-state index contributed by atoms with van der Waals surface area (Å²) in [5, 5.41) is 4.26. The van der Waals surface area contributed by atoms with Crippen LogP contribution < -0.4 is 0 Å². The lowest BCUT2D eigenvalue weighted by molar-refractivity contribution is -0.150. The number of likely N-dealkylation sites (tertiary alicyclic amines) is 1. The molecule has 4 bridgehead atoms. The van der Waals surface area contributed by atoms with E-state index < -0.39 is 0 Å². The molecule has 1 saturated heterocycles. The first-order valence-electron chi connectivity index (χ1n) is 12.6. The van der Waals surface area contributed by atoms with Gasteiger partial charge in [0.05, 0.1) is 18.6 Å². The summed E-state index contributed by atoms with van der Waals surface area (Å²) in [7, 11) is 0. The van der Waals surface area contributed by atoms with Crippen LogP contribution in [-0.4, -0.2) is 55.9 Å². The maximum Gasteiger partial charge on any atom is 0.309 e. The van der Waals surface area contributed by atoms with Crippen molar-refractivity contribution >= 4 is 30.4 Å². The number of nitrogens with zero attached hydrogens (tertiary/aromatic N) is 5. The Balaban J connectivity index is 0.994. The fraction of sp³-hybridized carbons (Fsp3) is 0.833. The summed E-state index contributed by atoms with van der Waals surface area (Å²) in [4.78, 5) is 24.1. The van der Waals surface area contributed by atoms with Gasteiger partial charge in [-0.25, -0.2) is 4.68 Å². The van der Waals surface area contributed by atoms with Gasteiger partial charge in [-0.2, -0.15) is 27.7 Å². The van der Waals surface area contributed by atoms with Gasteiger partial charge in [0.15, 0.2) is 0 Å². The van der Waals surface area contributed by atoms with Crippen molar-refractivity contribution in [3.63, 3.8) is 0 Å². The Morgan fingerprint density at radius 1 is 1.16 bits per heavy atom. The normalized spacial score (nSPS) is 38.5. The van der Waals surface area contributed by atoms with E-state index in [-0.39, 0.29) is 22.7 Å². The van der Waals surface area contributed by atoms with E-state index in [4.69, 9.17) is 22.4 Å². The minimum Gasteiger partial charge on any atom is -0.465 e. The van der Waals surface area contributed by atoms with E-state index in [2.05, 4.69) is 21.9 Å². The maximum atomic E-state index is 12.8. The number of carbonyl (C=O) groups is 1. The van der Waals surface area contributed by atoms with E-state index in [1.54, 1.807) is 6.33 Å². The van der Waals surface area contributed by atoms with Gasteiger partial charge >= 0.3 is 5.97 Å². The quantitative estimate of drug-likeness (QED) is 0.546. The van der Waals surface area contributed by atoms with Gasteiger partial charge in [0.1, 0.15) is 12.2 Å². The predicted octanol–water partition coefficient (Wildman–Crippen LogP) is 4.04. The van der Waals surface area contributed by atoms with Crippen molar-refractivity contribution in [2.45, 2.75) is 75.5 Å². The average molecular weight is 458 g/mol. The first-order chi connectivity index (χ1) is 15.5. The van der Waals surface area contributed by atoms with Crippen LogP contribution in [0.1, 0.15) is 70.8 Å². The van der Waals surface area contributed by atoms with Gasteiger partial charge in [0, 0.05) is 24.3 Å². The van der Waals surface area contributed by atoms with Gasteiger partial charge in [-0.1, -0.05) is 0 Å². The Bertz CT molecular complexity index is 878. The third-order valence-electron chi connectivity index (χ3n) is 9.17. The average Bonchev–Trinajstić information content (AvgIpc) is 3.27. The topological polar surface area (TPSA) is 72.6 Å². The van der Waals surface area contributed by atoms with Gasteiger partial charge in [0.25, 0.3) is 0 Å². The van der Waals surface area contributed by atoms with Crippen molar-refractivity contribution in [2.75, 3.05) is 19.7 Å². The van der Waals surface area contributed by atoms with E-state index in [1.807, 2.05) is 4.68 Å². The highest BCUT2D eigenvalue weighted by atomic mass is 32.1. The number of esters is 1. The highest BCUT2D eigenvalue weighted by Crippen LogP contribution is 2.61. The molecule has 1 unspecified atom stereocenters. The van der Waals surface area contributed by atoms with Crippen molar-refractivity contribution in [3.8, 4) is 0 Å². The molecule has 2 aliphatic heterocycles. The van der Waals surface area contributed by atoms with Crippen molar-refractivity contribution in [1.29, 1.82) is 0 Å². The first-order valence-corrected chi connectivity index (χ1v) is 13.1. The number of aliphatic imine (C=N–C) groups is 1. The Kier molecular flexibility index (Phi) is 5.27. The molecular weight excluding hydrogens is 422 g/mol. The molecule has 1 aromatic heterocycles. The molecule has 8 heteroatoms. The molecule has 0 spiro atoms.